The molecular formula is C7H6O3Pb. The molecule has 1 aromatic rings. The Hall–Kier alpha value is -0.588. The summed E-state index contributed by atoms with van der Waals surface area (Å²) >= 11 is 0. The first-order chi connectivity index (χ1) is 4.70. The van der Waals surface area contributed by atoms with Gasteiger partial charge in [-0.1, -0.05) is 0 Å². The molecule has 0 aliphatic carbocycles. The average Bonchev–Trinajstić information content (AvgIpc) is 1.88. The van der Waals surface area contributed by atoms with Gasteiger partial charge in [0.25, 0.3) is 0 Å². The maximum absolute atomic E-state index is 10.2. The van der Waals surface area contributed by atoms with E-state index < -0.39 is 5.97 Å². The van der Waals surface area contributed by atoms with Crippen LogP contribution in [0, 0.1) is 0 Å². The first-order valence-electron chi connectivity index (χ1n) is 2.72. The monoisotopic (exact) mass is 346 g/mol. The van der Waals surface area contributed by atoms with E-state index in [9.17, 15) is 4.79 Å². The van der Waals surface area contributed by atoms with Gasteiger partial charge < -0.3 is 10.2 Å². The molecule has 0 heterocycles. The van der Waals surface area contributed by atoms with Gasteiger partial charge in [0.05, 0.1) is 5.56 Å². The molecule has 2 N–H and O–H groups in total. The standard InChI is InChI=1S/C7H6O3.Pb/c8-6-3-1-5(2-4-6)7(9)10;/h1-4,8H,(H,9,10);. The van der Waals surface area contributed by atoms with E-state index in [4.69, 9.17) is 10.2 Å². The van der Waals surface area contributed by atoms with Crippen LogP contribution in [0.15, 0.2) is 24.3 Å². The largest absolute Gasteiger partial charge is 0.508 e. The van der Waals surface area contributed by atoms with E-state index in [1.165, 1.54) is 24.3 Å². The fourth-order valence-corrected chi connectivity index (χ4v) is 0.604. The van der Waals surface area contributed by atoms with Crippen molar-refractivity contribution in [3.8, 4) is 5.75 Å². The number of carboxylic acid groups (broad SMARTS) is 1. The molecule has 0 fully saturated rings. The van der Waals surface area contributed by atoms with Crippen molar-refractivity contribution in [2.24, 2.45) is 0 Å². The normalized spacial score (nSPS) is 8.36. The van der Waals surface area contributed by atoms with Crippen molar-refractivity contribution in [3.63, 3.8) is 0 Å². The number of benzene rings is 1. The van der Waals surface area contributed by atoms with Crippen LogP contribution in [-0.4, -0.2) is 43.5 Å². The fourth-order valence-electron chi connectivity index (χ4n) is 0.604. The van der Waals surface area contributed by atoms with Crippen LogP contribution < -0.4 is 0 Å². The van der Waals surface area contributed by atoms with Gasteiger partial charge >= 0.3 is 5.97 Å². The molecule has 0 saturated heterocycles. The minimum Gasteiger partial charge on any atom is -0.508 e. The zero-order valence-corrected chi connectivity index (χ0v) is 9.50. The molecule has 56 valence electrons. The zero-order chi connectivity index (χ0) is 7.56. The summed E-state index contributed by atoms with van der Waals surface area (Å²) in [6.07, 6.45) is 0. The molecule has 0 unspecified atom stereocenters. The number of phenols is 1. The van der Waals surface area contributed by atoms with Gasteiger partial charge in [-0.05, 0) is 24.3 Å². The van der Waals surface area contributed by atoms with Crippen molar-refractivity contribution in [1.29, 1.82) is 0 Å². The van der Waals surface area contributed by atoms with E-state index >= 15 is 0 Å². The summed E-state index contributed by atoms with van der Waals surface area (Å²) in [5.41, 5.74) is 0.179. The number of aromatic hydroxyl groups is 1. The molecule has 1 rings (SSSR count). The minimum absolute atomic E-state index is 0. The second-order valence-electron chi connectivity index (χ2n) is 1.85. The van der Waals surface area contributed by atoms with Gasteiger partial charge in [0.1, 0.15) is 5.75 Å². The Morgan fingerprint density at radius 3 is 2.00 bits per heavy atom. The van der Waals surface area contributed by atoms with Crippen LogP contribution in [-0.2, 0) is 0 Å². The van der Waals surface area contributed by atoms with E-state index in [0.717, 1.165) is 0 Å². The Balaban J connectivity index is 0.000001000. The van der Waals surface area contributed by atoms with Gasteiger partial charge in [-0.25, -0.2) is 4.79 Å². The van der Waals surface area contributed by atoms with Gasteiger partial charge in [-0.3, -0.25) is 0 Å². The number of phenolic OH excluding ortho intramolecular Hbond substituents is 1. The molecular weight excluding hydrogens is 339 g/mol. The third-order valence-corrected chi connectivity index (χ3v) is 1.11. The van der Waals surface area contributed by atoms with Crippen LogP contribution in [0.2, 0.25) is 0 Å². The Morgan fingerprint density at radius 2 is 1.64 bits per heavy atom. The Bertz CT molecular complexity index is 242. The maximum Gasteiger partial charge on any atom is 0.335 e. The van der Waals surface area contributed by atoms with Crippen molar-refractivity contribution in [3.05, 3.63) is 29.8 Å². The van der Waals surface area contributed by atoms with Crippen LogP contribution in [0.1, 0.15) is 10.4 Å². The van der Waals surface area contributed by atoms with Gasteiger partial charge in [0, 0.05) is 27.3 Å². The van der Waals surface area contributed by atoms with Crippen molar-refractivity contribution in [2.75, 3.05) is 0 Å². The maximum atomic E-state index is 10.2. The summed E-state index contributed by atoms with van der Waals surface area (Å²) in [6.45, 7) is 0. The molecule has 0 aliphatic heterocycles. The molecule has 0 bridgehead atoms. The Kier molecular flexibility index (Phi) is 4.09. The number of aromatic carboxylic acids is 1. The molecule has 3 nitrogen and oxygen atoms in total. The first kappa shape index (κ1) is 10.4. The Morgan fingerprint density at radius 1 is 1.18 bits per heavy atom. The summed E-state index contributed by atoms with van der Waals surface area (Å²) in [5, 5.41) is 17.1. The topological polar surface area (TPSA) is 57.5 Å². The first-order valence-corrected chi connectivity index (χ1v) is 2.72. The second kappa shape index (κ2) is 4.32. The van der Waals surface area contributed by atoms with Gasteiger partial charge in [0.15, 0.2) is 0 Å². The SMILES string of the molecule is O=C(O)c1ccc(O)cc1.[Pb]. The Labute approximate surface area is 83.8 Å². The third-order valence-electron chi connectivity index (χ3n) is 1.11. The summed E-state index contributed by atoms with van der Waals surface area (Å²) in [7, 11) is 0. The molecule has 0 aromatic heterocycles. The average molecular weight is 345 g/mol. The van der Waals surface area contributed by atoms with Crippen LogP contribution in [0.25, 0.3) is 0 Å². The van der Waals surface area contributed by atoms with Crippen molar-refractivity contribution < 1.29 is 15.0 Å². The number of carboxylic acids is 1. The molecule has 0 atom stereocenters. The molecule has 0 saturated carbocycles. The quantitative estimate of drug-likeness (QED) is 0.737. The van der Waals surface area contributed by atoms with E-state index in [0.29, 0.717) is 0 Å². The van der Waals surface area contributed by atoms with E-state index in [1.54, 1.807) is 0 Å². The van der Waals surface area contributed by atoms with E-state index in [-0.39, 0.29) is 38.6 Å². The summed E-state index contributed by atoms with van der Waals surface area (Å²) < 4.78 is 0. The molecule has 0 spiro atoms. The number of rotatable bonds is 1. The van der Waals surface area contributed by atoms with Gasteiger partial charge in [-0.2, -0.15) is 0 Å². The summed E-state index contributed by atoms with van der Waals surface area (Å²) in [6, 6.07) is 5.36. The second-order valence-corrected chi connectivity index (χ2v) is 1.85. The van der Waals surface area contributed by atoms with Gasteiger partial charge in [0.2, 0.25) is 0 Å². The molecule has 0 amide bonds. The molecule has 1 aromatic carbocycles. The predicted octanol–water partition coefficient (Wildman–Crippen LogP) is 0.710. The van der Waals surface area contributed by atoms with Crippen molar-refractivity contribution in [1.82, 2.24) is 0 Å². The molecule has 4 radical (unpaired) electrons. The van der Waals surface area contributed by atoms with Gasteiger partial charge in [-0.15, -0.1) is 0 Å². The molecule has 0 aliphatic rings. The summed E-state index contributed by atoms with van der Waals surface area (Å²) in [5.74, 6) is -0.912. The number of carbonyl (C=O) groups is 1. The van der Waals surface area contributed by atoms with E-state index in [2.05, 4.69) is 0 Å². The van der Waals surface area contributed by atoms with Crippen molar-refractivity contribution >= 4 is 33.3 Å². The van der Waals surface area contributed by atoms with Crippen LogP contribution in [0.3, 0.4) is 0 Å². The zero-order valence-electron chi connectivity index (χ0n) is 5.61. The van der Waals surface area contributed by atoms with Crippen LogP contribution in [0.5, 0.6) is 5.75 Å². The fraction of sp³-hybridized carbons (Fsp3) is 0. The molecule has 11 heavy (non-hydrogen) atoms. The predicted molar refractivity (Wildman–Crippen MR) is 40.8 cm³/mol. The van der Waals surface area contributed by atoms with Crippen LogP contribution >= 0.6 is 0 Å². The minimum atomic E-state index is -0.986. The smallest absolute Gasteiger partial charge is 0.335 e. The van der Waals surface area contributed by atoms with Crippen molar-refractivity contribution in [2.45, 2.75) is 0 Å². The molecule has 4 heteroatoms. The summed E-state index contributed by atoms with van der Waals surface area (Å²) in [4.78, 5) is 10.2. The third kappa shape index (κ3) is 2.87. The van der Waals surface area contributed by atoms with Crippen LogP contribution in [0.4, 0.5) is 0 Å². The van der Waals surface area contributed by atoms with E-state index in [1.807, 2.05) is 0 Å². The number of hydrogen-bond donors (Lipinski definition) is 2. The number of hydrogen-bond acceptors (Lipinski definition) is 2.